The van der Waals surface area contributed by atoms with Gasteiger partial charge in [0.05, 0.1) is 5.38 Å². The molecule has 0 saturated carbocycles. The molecule has 0 spiro atoms. The molecule has 1 unspecified atom stereocenters. The van der Waals surface area contributed by atoms with Crippen LogP contribution in [0.15, 0.2) is 30.3 Å². The second kappa shape index (κ2) is 4.94. The van der Waals surface area contributed by atoms with Crippen molar-refractivity contribution < 1.29 is 4.79 Å². The second-order valence-corrected chi connectivity index (χ2v) is 3.24. The molecule has 64 valence electrons. The van der Waals surface area contributed by atoms with E-state index in [1.807, 2.05) is 30.3 Å². The summed E-state index contributed by atoms with van der Waals surface area (Å²) in [4.78, 5) is 10.2. The van der Waals surface area contributed by atoms with Gasteiger partial charge in [-0.15, -0.1) is 11.6 Å². The summed E-state index contributed by atoms with van der Waals surface area (Å²) in [6.45, 7) is 0. The number of rotatable bonds is 4. The highest BCUT2D eigenvalue weighted by atomic mass is 35.5. The van der Waals surface area contributed by atoms with Gasteiger partial charge in [-0.3, -0.25) is 0 Å². The van der Waals surface area contributed by atoms with Gasteiger partial charge in [-0.1, -0.05) is 30.3 Å². The largest absolute Gasteiger partial charge is 0.302 e. The van der Waals surface area contributed by atoms with Crippen molar-refractivity contribution in [2.24, 2.45) is 0 Å². The number of benzene rings is 1. The molecule has 2 heteroatoms. The van der Waals surface area contributed by atoms with Crippen LogP contribution in [-0.4, -0.2) is 11.7 Å². The minimum Gasteiger partial charge on any atom is -0.302 e. The quantitative estimate of drug-likeness (QED) is 0.517. The van der Waals surface area contributed by atoms with E-state index < -0.39 is 0 Å². The first-order valence-corrected chi connectivity index (χ1v) is 4.40. The summed E-state index contributed by atoms with van der Waals surface area (Å²) in [5.74, 6) is 0. The van der Waals surface area contributed by atoms with E-state index in [1.54, 1.807) is 0 Å². The second-order valence-electron chi connectivity index (χ2n) is 2.68. The lowest BCUT2D eigenvalue weighted by molar-refractivity contribution is -0.107. The van der Waals surface area contributed by atoms with Crippen molar-refractivity contribution in [2.75, 3.05) is 0 Å². The van der Waals surface area contributed by atoms with Crippen molar-refractivity contribution in [3.63, 3.8) is 0 Å². The summed E-state index contributed by atoms with van der Waals surface area (Å²) < 4.78 is 0. The highest BCUT2D eigenvalue weighted by Gasteiger charge is 2.01. The fraction of sp³-hybridized carbons (Fsp3) is 0.300. The average Bonchev–Trinajstić information content (AvgIpc) is 2.16. The maximum absolute atomic E-state index is 10.2. The van der Waals surface area contributed by atoms with Gasteiger partial charge in [0, 0.05) is 0 Å². The smallest absolute Gasteiger partial charge is 0.137 e. The molecule has 0 aliphatic rings. The monoisotopic (exact) mass is 182 g/mol. The van der Waals surface area contributed by atoms with Crippen LogP contribution in [0.3, 0.4) is 0 Å². The van der Waals surface area contributed by atoms with Gasteiger partial charge in [-0.05, 0) is 18.4 Å². The predicted octanol–water partition coefficient (Wildman–Crippen LogP) is 2.43. The first-order valence-electron chi connectivity index (χ1n) is 3.96. The number of carbonyl (C=O) groups excluding carboxylic acids is 1. The van der Waals surface area contributed by atoms with E-state index in [-0.39, 0.29) is 5.38 Å². The van der Waals surface area contributed by atoms with E-state index in [4.69, 9.17) is 11.6 Å². The molecule has 0 amide bonds. The summed E-state index contributed by atoms with van der Waals surface area (Å²) in [7, 11) is 0. The highest BCUT2D eigenvalue weighted by Crippen LogP contribution is 2.06. The number of carbonyl (C=O) groups is 1. The van der Waals surface area contributed by atoms with Gasteiger partial charge in [-0.2, -0.15) is 0 Å². The number of hydrogen-bond acceptors (Lipinski definition) is 1. The van der Waals surface area contributed by atoms with Crippen molar-refractivity contribution in [3.8, 4) is 0 Å². The van der Waals surface area contributed by atoms with Crippen LogP contribution in [-0.2, 0) is 11.2 Å². The Bertz CT molecular complexity index is 233. The molecule has 1 atom stereocenters. The minimum atomic E-state index is -0.342. The van der Waals surface area contributed by atoms with E-state index in [1.165, 1.54) is 5.56 Å². The summed E-state index contributed by atoms with van der Waals surface area (Å²) in [6.07, 6.45) is 2.37. The third-order valence-corrected chi connectivity index (χ3v) is 2.02. The van der Waals surface area contributed by atoms with Gasteiger partial charge in [0.2, 0.25) is 0 Å². The van der Waals surface area contributed by atoms with Crippen LogP contribution in [0.2, 0.25) is 0 Å². The number of aryl methyl sites for hydroxylation is 1. The van der Waals surface area contributed by atoms with E-state index in [2.05, 4.69) is 0 Å². The molecule has 0 aliphatic carbocycles. The molecule has 12 heavy (non-hydrogen) atoms. The van der Waals surface area contributed by atoms with Crippen molar-refractivity contribution in [3.05, 3.63) is 35.9 Å². The molecule has 0 aromatic heterocycles. The Morgan fingerprint density at radius 3 is 2.58 bits per heavy atom. The fourth-order valence-corrected chi connectivity index (χ4v) is 1.13. The first kappa shape index (κ1) is 9.27. The molecular weight excluding hydrogens is 172 g/mol. The third-order valence-electron chi connectivity index (χ3n) is 1.70. The molecule has 0 heterocycles. The lowest BCUT2D eigenvalue weighted by atomic mass is 10.1. The third kappa shape index (κ3) is 3.05. The van der Waals surface area contributed by atoms with Crippen LogP contribution in [0.4, 0.5) is 0 Å². The Kier molecular flexibility index (Phi) is 3.81. The molecular formula is C10H11ClO. The Balaban J connectivity index is 2.38. The van der Waals surface area contributed by atoms with Crippen LogP contribution in [0.25, 0.3) is 0 Å². The minimum absolute atomic E-state index is 0.342. The Morgan fingerprint density at radius 1 is 1.33 bits per heavy atom. The van der Waals surface area contributed by atoms with Gasteiger partial charge in [-0.25, -0.2) is 0 Å². The Morgan fingerprint density at radius 2 is 2.00 bits per heavy atom. The molecule has 0 saturated heterocycles. The zero-order chi connectivity index (χ0) is 8.81. The molecule has 1 aromatic carbocycles. The van der Waals surface area contributed by atoms with Gasteiger partial charge in [0.15, 0.2) is 0 Å². The van der Waals surface area contributed by atoms with Crippen molar-refractivity contribution >= 4 is 17.9 Å². The molecule has 0 bridgehead atoms. The molecule has 0 fully saturated rings. The van der Waals surface area contributed by atoms with Crippen molar-refractivity contribution in [2.45, 2.75) is 18.2 Å². The van der Waals surface area contributed by atoms with Crippen LogP contribution >= 0.6 is 11.6 Å². The summed E-state index contributed by atoms with van der Waals surface area (Å²) in [6, 6.07) is 10.0. The molecule has 1 rings (SSSR count). The maximum atomic E-state index is 10.2. The van der Waals surface area contributed by atoms with Crippen LogP contribution in [0.5, 0.6) is 0 Å². The standard InChI is InChI=1S/C10H11ClO/c11-10(8-12)7-6-9-4-2-1-3-5-9/h1-5,8,10H,6-7H2. The van der Waals surface area contributed by atoms with Crippen LogP contribution in [0.1, 0.15) is 12.0 Å². The summed E-state index contributed by atoms with van der Waals surface area (Å²) >= 11 is 5.65. The zero-order valence-electron chi connectivity index (χ0n) is 6.74. The van der Waals surface area contributed by atoms with Crippen molar-refractivity contribution in [1.82, 2.24) is 0 Å². The first-order chi connectivity index (χ1) is 5.83. The topological polar surface area (TPSA) is 17.1 Å². The normalized spacial score (nSPS) is 12.4. The lowest BCUT2D eigenvalue weighted by Gasteiger charge is -2.00. The lowest BCUT2D eigenvalue weighted by Crippen LogP contribution is -2.01. The van der Waals surface area contributed by atoms with E-state index >= 15 is 0 Å². The van der Waals surface area contributed by atoms with Gasteiger partial charge < -0.3 is 4.79 Å². The van der Waals surface area contributed by atoms with Crippen LogP contribution < -0.4 is 0 Å². The number of aldehydes is 1. The molecule has 0 aliphatic heterocycles. The van der Waals surface area contributed by atoms with Crippen LogP contribution in [0, 0.1) is 0 Å². The maximum Gasteiger partial charge on any atom is 0.137 e. The van der Waals surface area contributed by atoms with Crippen molar-refractivity contribution in [1.29, 1.82) is 0 Å². The van der Waals surface area contributed by atoms with Gasteiger partial charge in [0.1, 0.15) is 6.29 Å². The average molecular weight is 183 g/mol. The Hall–Kier alpha value is -0.820. The zero-order valence-corrected chi connectivity index (χ0v) is 7.50. The SMILES string of the molecule is O=CC(Cl)CCc1ccccc1. The number of alkyl halides is 1. The highest BCUT2D eigenvalue weighted by molar-refractivity contribution is 6.27. The number of halogens is 1. The van der Waals surface area contributed by atoms with E-state index in [0.717, 1.165) is 19.1 Å². The summed E-state index contributed by atoms with van der Waals surface area (Å²) in [5.41, 5.74) is 1.23. The molecule has 0 N–H and O–H groups in total. The van der Waals surface area contributed by atoms with E-state index in [9.17, 15) is 4.79 Å². The number of hydrogen-bond donors (Lipinski definition) is 0. The fourth-order valence-electron chi connectivity index (χ4n) is 1.02. The molecule has 1 nitrogen and oxygen atoms in total. The van der Waals surface area contributed by atoms with E-state index in [0.29, 0.717) is 0 Å². The van der Waals surface area contributed by atoms with Gasteiger partial charge in [0.25, 0.3) is 0 Å². The Labute approximate surface area is 77.4 Å². The predicted molar refractivity (Wildman–Crippen MR) is 50.5 cm³/mol. The molecule has 0 radical (unpaired) electrons. The summed E-state index contributed by atoms with van der Waals surface area (Å²) in [5, 5.41) is -0.342. The molecule has 1 aromatic rings. The van der Waals surface area contributed by atoms with Gasteiger partial charge >= 0.3 is 0 Å².